The van der Waals surface area contributed by atoms with Crippen molar-refractivity contribution in [1.82, 2.24) is 0 Å². The summed E-state index contributed by atoms with van der Waals surface area (Å²) >= 11 is 3.88. The van der Waals surface area contributed by atoms with Gasteiger partial charge in [0.25, 0.3) is 0 Å². The van der Waals surface area contributed by atoms with Gasteiger partial charge in [-0.15, -0.1) is 22.7 Å². The summed E-state index contributed by atoms with van der Waals surface area (Å²) in [6.45, 7) is 0. The standard InChI is InChI=1S/C56H32S2/c1-2-16-34-33(14-1)15-13-26-40(34)52-41-21-6-8-23-43(41)53(44-24-9-7-22-42(44)52)45-29-28-38(35-17-3-4-18-36(35)45)49-32-50-48-31-30-47-39-20-11-12-27-51(39)57-55(47)56(48)58-54(50)46-25-10-5-19-37(46)49/h1-32H. The Bertz CT molecular complexity index is 3800. The van der Waals surface area contributed by atoms with Crippen molar-refractivity contribution in [3.63, 3.8) is 0 Å². The minimum Gasteiger partial charge on any atom is -0.134 e. The van der Waals surface area contributed by atoms with Crippen LogP contribution >= 0.6 is 22.7 Å². The highest BCUT2D eigenvalue weighted by Crippen LogP contribution is 2.51. The van der Waals surface area contributed by atoms with Gasteiger partial charge in [0, 0.05) is 36.3 Å². The summed E-state index contributed by atoms with van der Waals surface area (Å²) in [5.41, 5.74) is 7.66. The van der Waals surface area contributed by atoms with Gasteiger partial charge in [-0.05, 0) is 94.0 Å². The highest BCUT2D eigenvalue weighted by molar-refractivity contribution is 7.34. The molecule has 58 heavy (non-hydrogen) atoms. The maximum absolute atomic E-state index is 2.49. The largest absolute Gasteiger partial charge is 0.134 e. The van der Waals surface area contributed by atoms with Crippen molar-refractivity contribution in [2.45, 2.75) is 0 Å². The molecule has 0 amide bonds. The quantitative estimate of drug-likeness (QED) is 0.157. The van der Waals surface area contributed by atoms with E-state index in [9.17, 15) is 0 Å². The fraction of sp³-hybridized carbons (Fsp3) is 0. The van der Waals surface area contributed by atoms with Crippen LogP contribution in [-0.2, 0) is 0 Å². The van der Waals surface area contributed by atoms with Gasteiger partial charge >= 0.3 is 0 Å². The number of benzene rings is 11. The van der Waals surface area contributed by atoms with E-state index in [0.717, 1.165) is 0 Å². The lowest BCUT2D eigenvalue weighted by molar-refractivity contribution is 1.68. The molecule has 0 atom stereocenters. The maximum atomic E-state index is 2.49. The molecule has 2 heterocycles. The van der Waals surface area contributed by atoms with E-state index in [-0.39, 0.29) is 0 Å². The monoisotopic (exact) mass is 768 g/mol. The SMILES string of the molecule is c1ccc2c(-c3c4ccccc4c(-c4ccc(-c5cc6c7ccc8c9ccccc9sc8c7sc6c6ccccc56)c5ccccc45)c4ccccc34)cccc2c1. The third kappa shape index (κ3) is 4.50. The van der Waals surface area contributed by atoms with Crippen molar-refractivity contribution in [2.24, 2.45) is 0 Å². The Morgan fingerprint density at radius 1 is 0.224 bits per heavy atom. The van der Waals surface area contributed by atoms with Crippen LogP contribution in [0.25, 0.3) is 128 Å². The molecule has 0 aliphatic rings. The van der Waals surface area contributed by atoms with Crippen LogP contribution in [0.5, 0.6) is 0 Å². The van der Waals surface area contributed by atoms with E-state index in [0.29, 0.717) is 0 Å². The van der Waals surface area contributed by atoms with Crippen LogP contribution in [0.4, 0.5) is 0 Å². The molecule has 2 aromatic heterocycles. The third-order valence-corrected chi connectivity index (χ3v) is 15.1. The Hall–Kier alpha value is -6.84. The molecule has 0 radical (unpaired) electrons. The van der Waals surface area contributed by atoms with Gasteiger partial charge in [0.2, 0.25) is 0 Å². The summed E-state index contributed by atoms with van der Waals surface area (Å²) in [5, 5.41) is 18.1. The first-order valence-corrected chi connectivity index (χ1v) is 21.6. The molecule has 0 bridgehead atoms. The van der Waals surface area contributed by atoms with Gasteiger partial charge in [-0.2, -0.15) is 0 Å². The van der Waals surface area contributed by atoms with E-state index in [1.165, 1.54) is 128 Å². The number of fused-ring (bicyclic) bond motifs is 13. The predicted octanol–water partition coefficient (Wildman–Crippen LogP) is 17.2. The molecule has 0 fully saturated rings. The van der Waals surface area contributed by atoms with Crippen LogP contribution in [-0.4, -0.2) is 0 Å². The van der Waals surface area contributed by atoms with E-state index in [2.05, 4.69) is 194 Å². The first-order chi connectivity index (χ1) is 28.8. The normalized spacial score (nSPS) is 12.1. The molecule has 268 valence electrons. The van der Waals surface area contributed by atoms with Crippen molar-refractivity contribution in [3.05, 3.63) is 194 Å². The van der Waals surface area contributed by atoms with Gasteiger partial charge in [-0.25, -0.2) is 0 Å². The molecule has 13 rings (SSSR count). The second kappa shape index (κ2) is 12.3. The number of hydrogen-bond acceptors (Lipinski definition) is 2. The zero-order chi connectivity index (χ0) is 37.9. The third-order valence-electron chi connectivity index (χ3n) is 12.5. The Labute approximate surface area is 342 Å². The smallest absolute Gasteiger partial charge is 0.0534 e. The second-order valence-electron chi connectivity index (χ2n) is 15.4. The number of hydrogen-bond donors (Lipinski definition) is 0. The zero-order valence-corrected chi connectivity index (χ0v) is 32.9. The topological polar surface area (TPSA) is 0 Å². The maximum Gasteiger partial charge on any atom is 0.0534 e. The van der Waals surface area contributed by atoms with Crippen LogP contribution in [0.15, 0.2) is 194 Å². The lowest BCUT2D eigenvalue weighted by Gasteiger charge is -2.20. The molecule has 0 spiro atoms. The van der Waals surface area contributed by atoms with Gasteiger partial charge in [0.05, 0.1) is 9.40 Å². The number of rotatable bonds is 3. The van der Waals surface area contributed by atoms with E-state index < -0.39 is 0 Å². The van der Waals surface area contributed by atoms with Crippen molar-refractivity contribution in [2.75, 3.05) is 0 Å². The van der Waals surface area contributed by atoms with Crippen LogP contribution in [0.3, 0.4) is 0 Å². The van der Waals surface area contributed by atoms with Crippen LogP contribution in [0, 0.1) is 0 Å². The Morgan fingerprint density at radius 2 is 0.655 bits per heavy atom. The molecule has 0 N–H and O–H groups in total. The van der Waals surface area contributed by atoms with Crippen molar-refractivity contribution < 1.29 is 0 Å². The van der Waals surface area contributed by atoms with Crippen LogP contribution < -0.4 is 0 Å². The molecular formula is C56H32S2. The fourth-order valence-electron chi connectivity index (χ4n) is 9.97. The minimum absolute atomic E-state index is 1.26. The summed E-state index contributed by atoms with van der Waals surface area (Å²) in [4.78, 5) is 0. The summed E-state index contributed by atoms with van der Waals surface area (Å²) in [6, 6.07) is 72.5. The van der Waals surface area contributed by atoms with E-state index >= 15 is 0 Å². The highest BCUT2D eigenvalue weighted by Gasteiger charge is 2.22. The minimum atomic E-state index is 1.26. The van der Waals surface area contributed by atoms with Crippen molar-refractivity contribution in [1.29, 1.82) is 0 Å². The van der Waals surface area contributed by atoms with Gasteiger partial charge in [-0.1, -0.05) is 182 Å². The molecular weight excluding hydrogens is 737 g/mol. The second-order valence-corrected chi connectivity index (χ2v) is 17.5. The summed E-state index contributed by atoms with van der Waals surface area (Å²) < 4.78 is 5.50. The molecule has 0 unspecified atom stereocenters. The van der Waals surface area contributed by atoms with E-state index in [1.54, 1.807) is 0 Å². The molecule has 0 saturated carbocycles. The number of thiophene rings is 2. The fourth-order valence-corrected chi connectivity index (χ4v) is 12.6. The average molecular weight is 769 g/mol. The zero-order valence-electron chi connectivity index (χ0n) is 31.3. The summed E-state index contributed by atoms with van der Waals surface area (Å²) in [5.74, 6) is 0. The van der Waals surface area contributed by atoms with Crippen LogP contribution in [0.1, 0.15) is 0 Å². The lowest BCUT2D eigenvalue weighted by atomic mass is 9.82. The molecule has 11 aromatic carbocycles. The van der Waals surface area contributed by atoms with Gasteiger partial charge in [0.15, 0.2) is 0 Å². The van der Waals surface area contributed by atoms with E-state index in [4.69, 9.17) is 0 Å². The molecule has 0 nitrogen and oxygen atoms in total. The molecule has 2 heteroatoms. The Morgan fingerprint density at radius 3 is 1.33 bits per heavy atom. The first-order valence-electron chi connectivity index (χ1n) is 19.9. The van der Waals surface area contributed by atoms with Crippen molar-refractivity contribution in [3.8, 4) is 33.4 Å². The molecule has 0 aliphatic heterocycles. The van der Waals surface area contributed by atoms with Crippen molar-refractivity contribution >= 4 is 117 Å². The Balaban J connectivity index is 1.09. The van der Waals surface area contributed by atoms with Gasteiger partial charge in [-0.3, -0.25) is 0 Å². The van der Waals surface area contributed by atoms with Gasteiger partial charge < -0.3 is 0 Å². The summed E-state index contributed by atoms with van der Waals surface area (Å²) in [6.07, 6.45) is 0. The van der Waals surface area contributed by atoms with Gasteiger partial charge in [0.1, 0.15) is 0 Å². The van der Waals surface area contributed by atoms with E-state index in [1.807, 2.05) is 22.7 Å². The molecule has 0 saturated heterocycles. The average Bonchev–Trinajstić information content (AvgIpc) is 3.87. The summed E-state index contributed by atoms with van der Waals surface area (Å²) in [7, 11) is 0. The molecule has 13 aromatic rings. The predicted molar refractivity (Wildman–Crippen MR) is 256 cm³/mol. The first kappa shape index (κ1) is 32.3. The molecule has 0 aliphatic carbocycles. The Kier molecular flexibility index (Phi) is 6.86. The van der Waals surface area contributed by atoms with Crippen LogP contribution in [0.2, 0.25) is 0 Å². The lowest BCUT2D eigenvalue weighted by Crippen LogP contribution is -1.93. The highest BCUT2D eigenvalue weighted by atomic mass is 32.1.